The standard InChI is InChI=1S/C36H18Cl2N4.Zn/c37-31-33-23-13-5-1-9-19(23)27(39-33)17-28-20-10-2-6-14-24(20)35(40-28)32(38)36-26-16-8-4-12-22(26)30(42-36)18-29-21-11-3-7-15-25(21)34(31)41-29;/h1-18H;/q-2;+2. The Morgan fingerprint density at radius 1 is 0.442 bits per heavy atom. The topological polar surface area (TPSA) is 54.0 Å². The monoisotopic (exact) mass is 640 g/mol. The Balaban J connectivity index is 0.00000278. The second-order valence-electron chi connectivity index (χ2n) is 10.5. The molecule has 0 saturated heterocycles. The maximum absolute atomic E-state index is 7.24. The zero-order chi connectivity index (χ0) is 27.9. The van der Waals surface area contributed by atoms with Crippen LogP contribution >= 0.6 is 23.2 Å². The molecule has 3 aromatic heterocycles. The van der Waals surface area contributed by atoms with Crippen LogP contribution in [0, 0.1) is 0 Å². The number of benzene rings is 4. The Kier molecular flexibility index (Phi) is 6.06. The first-order valence-corrected chi connectivity index (χ1v) is 14.4. The molecular formula is C36H18Cl2N4Zn. The predicted octanol–water partition coefficient (Wildman–Crippen LogP) is 9.85. The maximum atomic E-state index is 7.24. The van der Waals surface area contributed by atoms with E-state index in [2.05, 4.69) is 48.5 Å². The van der Waals surface area contributed by atoms with Crippen LogP contribution in [0.5, 0.6) is 0 Å². The van der Waals surface area contributed by atoms with Crippen molar-refractivity contribution in [1.82, 2.24) is 19.9 Å². The first kappa shape index (κ1) is 26.4. The summed E-state index contributed by atoms with van der Waals surface area (Å²) in [6, 6.07) is 36.6. The van der Waals surface area contributed by atoms with Gasteiger partial charge in [-0.05, 0) is 33.7 Å². The molecule has 0 aliphatic carbocycles. The van der Waals surface area contributed by atoms with Gasteiger partial charge in [-0.2, -0.15) is 0 Å². The summed E-state index contributed by atoms with van der Waals surface area (Å²) in [6.07, 6.45) is 0. The van der Waals surface area contributed by atoms with Crippen LogP contribution in [0.4, 0.5) is 0 Å². The van der Waals surface area contributed by atoms with E-state index >= 15 is 0 Å². The van der Waals surface area contributed by atoms with E-state index in [1.807, 2.05) is 60.7 Å². The van der Waals surface area contributed by atoms with Gasteiger partial charge in [0.2, 0.25) is 0 Å². The molecule has 9 rings (SSSR count). The molecule has 0 amide bonds. The van der Waals surface area contributed by atoms with Crippen molar-refractivity contribution in [2.75, 3.05) is 0 Å². The first-order chi connectivity index (χ1) is 20.7. The van der Waals surface area contributed by atoms with Crippen molar-refractivity contribution in [2.24, 2.45) is 0 Å². The van der Waals surface area contributed by atoms with Crippen LogP contribution in [-0.4, -0.2) is 9.97 Å². The molecule has 0 atom stereocenters. The fourth-order valence-corrected chi connectivity index (χ4v) is 6.78. The summed E-state index contributed by atoms with van der Waals surface area (Å²) in [4.78, 5) is 20.4. The van der Waals surface area contributed by atoms with Crippen LogP contribution in [0.3, 0.4) is 0 Å². The van der Waals surface area contributed by atoms with Gasteiger partial charge in [-0.1, -0.05) is 120 Å². The molecule has 0 fully saturated rings. The van der Waals surface area contributed by atoms with E-state index in [0.717, 1.165) is 66.2 Å². The third-order valence-electron chi connectivity index (χ3n) is 8.14. The van der Waals surface area contributed by atoms with Crippen LogP contribution in [0.25, 0.3) is 88.6 Å². The second kappa shape index (κ2) is 9.89. The Morgan fingerprint density at radius 3 is 1.21 bits per heavy atom. The molecule has 7 heteroatoms. The number of hydrogen-bond donors (Lipinski definition) is 0. The molecule has 2 aliphatic rings. The molecule has 0 unspecified atom stereocenters. The molecule has 0 radical (unpaired) electrons. The molecule has 0 saturated carbocycles. The summed E-state index contributed by atoms with van der Waals surface area (Å²) < 4.78 is 0. The zero-order valence-corrected chi connectivity index (χ0v) is 27.1. The number of aromatic nitrogens is 4. The average Bonchev–Trinajstić information content (AvgIpc) is 3.79. The third kappa shape index (κ3) is 3.86. The molecule has 8 bridgehead atoms. The fraction of sp³-hybridized carbons (Fsp3) is 0. The smallest absolute Gasteiger partial charge is 0.656 e. The quantitative estimate of drug-likeness (QED) is 0.155. The zero-order valence-electron chi connectivity index (χ0n) is 22.6. The van der Waals surface area contributed by atoms with Gasteiger partial charge in [0.05, 0.1) is 32.8 Å². The molecular weight excluding hydrogens is 625 g/mol. The van der Waals surface area contributed by atoms with Gasteiger partial charge in [-0.3, -0.25) is 0 Å². The number of nitrogens with zero attached hydrogens (tertiary/aromatic N) is 4. The molecule has 5 heterocycles. The molecule has 4 nitrogen and oxygen atoms in total. The van der Waals surface area contributed by atoms with Gasteiger partial charge < -0.3 is 9.97 Å². The minimum absolute atomic E-state index is 0. The SMILES string of the molecule is Clc1c2nc(cc3[n-]c(c(Cl)c4nc(cc5[n-]c1c1ccccc51)-c1ccccc1-4)c1ccccc31)-c1ccccc1-2.[Zn+2]. The van der Waals surface area contributed by atoms with Crippen LogP contribution in [0.2, 0.25) is 10.0 Å². The summed E-state index contributed by atoms with van der Waals surface area (Å²) in [7, 11) is 0. The van der Waals surface area contributed by atoms with Crippen LogP contribution < -0.4 is 9.97 Å². The summed E-state index contributed by atoms with van der Waals surface area (Å²) in [6.45, 7) is 0. The molecule has 4 aromatic carbocycles. The van der Waals surface area contributed by atoms with Crippen LogP contribution in [-0.2, 0) is 19.5 Å². The first-order valence-electron chi connectivity index (χ1n) is 13.6. The van der Waals surface area contributed by atoms with E-state index < -0.39 is 0 Å². The van der Waals surface area contributed by atoms with E-state index in [-0.39, 0.29) is 19.5 Å². The van der Waals surface area contributed by atoms with Gasteiger partial charge in [-0.25, -0.2) is 9.97 Å². The van der Waals surface area contributed by atoms with Gasteiger partial charge in [0, 0.05) is 22.3 Å². The second-order valence-corrected chi connectivity index (χ2v) is 11.2. The van der Waals surface area contributed by atoms with Crippen LogP contribution in [0.1, 0.15) is 0 Å². The van der Waals surface area contributed by atoms with Crippen molar-refractivity contribution in [3.8, 4) is 45.0 Å². The third-order valence-corrected chi connectivity index (χ3v) is 8.86. The number of rotatable bonds is 0. The summed E-state index contributed by atoms with van der Waals surface area (Å²) in [5.74, 6) is 0. The van der Waals surface area contributed by atoms with E-state index in [4.69, 9.17) is 43.1 Å². The predicted molar refractivity (Wildman–Crippen MR) is 173 cm³/mol. The minimum atomic E-state index is 0. The van der Waals surface area contributed by atoms with Gasteiger partial charge in [0.25, 0.3) is 0 Å². The van der Waals surface area contributed by atoms with Gasteiger partial charge in [0.1, 0.15) is 0 Å². The number of fused-ring (bicyclic) bond motifs is 20. The van der Waals surface area contributed by atoms with Gasteiger partial charge in [0.15, 0.2) is 0 Å². The van der Waals surface area contributed by atoms with Crippen molar-refractivity contribution in [2.45, 2.75) is 0 Å². The maximum Gasteiger partial charge on any atom is 2.00 e. The Labute approximate surface area is 269 Å². The van der Waals surface area contributed by atoms with Crippen LogP contribution in [0.15, 0.2) is 109 Å². The van der Waals surface area contributed by atoms with Crippen molar-refractivity contribution < 1.29 is 19.5 Å². The minimum Gasteiger partial charge on any atom is -0.656 e. The molecule has 7 aromatic rings. The van der Waals surface area contributed by atoms with Crippen molar-refractivity contribution in [3.05, 3.63) is 119 Å². The normalized spacial score (nSPS) is 11.8. The summed E-state index contributed by atoms with van der Waals surface area (Å²) in [5, 5.41) is 4.93. The molecule has 198 valence electrons. The Hall–Kier alpha value is -4.28. The average molecular weight is 643 g/mol. The van der Waals surface area contributed by atoms with E-state index in [1.54, 1.807) is 0 Å². The van der Waals surface area contributed by atoms with E-state index in [1.165, 1.54) is 0 Å². The van der Waals surface area contributed by atoms with Crippen molar-refractivity contribution >= 4 is 66.8 Å². The van der Waals surface area contributed by atoms with Crippen molar-refractivity contribution in [3.63, 3.8) is 0 Å². The largest absolute Gasteiger partial charge is 2.00 e. The van der Waals surface area contributed by atoms with E-state index in [0.29, 0.717) is 32.5 Å². The Morgan fingerprint density at radius 2 is 0.791 bits per heavy atom. The molecule has 0 spiro atoms. The molecule has 43 heavy (non-hydrogen) atoms. The summed E-state index contributed by atoms with van der Waals surface area (Å²) in [5.41, 5.74) is 9.85. The molecule has 0 N–H and O–H groups in total. The number of hydrogen-bond acceptors (Lipinski definition) is 2. The molecule has 2 aliphatic heterocycles. The van der Waals surface area contributed by atoms with Gasteiger partial charge in [-0.15, -0.1) is 22.1 Å². The number of halogens is 2. The Bertz CT molecular complexity index is 2290. The van der Waals surface area contributed by atoms with Crippen molar-refractivity contribution in [1.29, 1.82) is 0 Å². The fourth-order valence-electron chi connectivity index (χ4n) is 6.21. The van der Waals surface area contributed by atoms with Gasteiger partial charge >= 0.3 is 19.5 Å². The summed E-state index contributed by atoms with van der Waals surface area (Å²) >= 11 is 14.5. The van der Waals surface area contributed by atoms with E-state index in [9.17, 15) is 0 Å².